The van der Waals surface area contributed by atoms with Crippen molar-refractivity contribution in [1.29, 1.82) is 0 Å². The molecule has 0 fully saturated rings. The topological polar surface area (TPSA) is 66.5 Å². The molecule has 1 N–H and O–H groups in total. The highest BCUT2D eigenvalue weighted by molar-refractivity contribution is 7.90. The van der Waals surface area contributed by atoms with E-state index in [0.29, 0.717) is 6.54 Å². The molecule has 0 bridgehead atoms. The highest BCUT2D eigenvalue weighted by Gasteiger charge is 2.23. The first-order valence-electron chi connectivity index (χ1n) is 8.50. The average Bonchev–Trinajstić information content (AvgIpc) is 2.49. The van der Waals surface area contributed by atoms with E-state index in [1.807, 2.05) is 25.7 Å². The summed E-state index contributed by atoms with van der Waals surface area (Å²) >= 11 is 0. The SMILES string of the molecule is CCN(CC(=O)NC(c1ccc(F)cc1)C(C)C)C(C)CS(C)(=O)=O. The van der Waals surface area contributed by atoms with E-state index in [4.69, 9.17) is 0 Å². The van der Waals surface area contributed by atoms with E-state index in [-0.39, 0.29) is 42.0 Å². The first-order valence-corrected chi connectivity index (χ1v) is 10.6. The fourth-order valence-corrected chi connectivity index (χ4v) is 3.92. The molecule has 0 aliphatic heterocycles. The van der Waals surface area contributed by atoms with Gasteiger partial charge < -0.3 is 5.32 Å². The summed E-state index contributed by atoms with van der Waals surface area (Å²) in [6, 6.07) is 5.63. The molecular weight excluding hydrogens is 343 g/mol. The van der Waals surface area contributed by atoms with Gasteiger partial charge in [-0.15, -0.1) is 0 Å². The minimum Gasteiger partial charge on any atom is -0.348 e. The number of benzene rings is 1. The summed E-state index contributed by atoms with van der Waals surface area (Å²) in [4.78, 5) is 14.3. The van der Waals surface area contributed by atoms with Gasteiger partial charge in [0.15, 0.2) is 0 Å². The lowest BCUT2D eigenvalue weighted by Crippen LogP contribution is -2.45. The van der Waals surface area contributed by atoms with Gasteiger partial charge in [-0.1, -0.05) is 32.9 Å². The van der Waals surface area contributed by atoms with E-state index in [1.54, 1.807) is 19.1 Å². The van der Waals surface area contributed by atoms with E-state index < -0.39 is 9.84 Å². The number of nitrogens with one attached hydrogen (secondary N) is 1. The average molecular weight is 373 g/mol. The molecule has 7 heteroatoms. The minimum atomic E-state index is -3.11. The molecule has 0 heterocycles. The predicted molar refractivity (Wildman–Crippen MR) is 98.5 cm³/mol. The van der Waals surface area contributed by atoms with Gasteiger partial charge in [0.25, 0.3) is 0 Å². The highest BCUT2D eigenvalue weighted by Crippen LogP contribution is 2.22. The predicted octanol–water partition coefficient (Wildman–Crippen LogP) is 2.39. The van der Waals surface area contributed by atoms with Crippen LogP contribution in [0.5, 0.6) is 0 Å². The van der Waals surface area contributed by atoms with Crippen LogP contribution in [0.25, 0.3) is 0 Å². The Morgan fingerprint density at radius 1 is 1.20 bits per heavy atom. The zero-order chi connectivity index (χ0) is 19.2. The van der Waals surface area contributed by atoms with Crippen LogP contribution in [-0.2, 0) is 14.6 Å². The maximum Gasteiger partial charge on any atom is 0.234 e. The number of likely N-dealkylation sites (N-methyl/N-ethyl adjacent to an activating group) is 1. The molecule has 1 aromatic carbocycles. The molecule has 2 atom stereocenters. The van der Waals surface area contributed by atoms with Gasteiger partial charge in [-0.25, -0.2) is 12.8 Å². The van der Waals surface area contributed by atoms with Crippen LogP contribution in [0, 0.1) is 11.7 Å². The number of hydrogen-bond donors (Lipinski definition) is 1. The maximum absolute atomic E-state index is 13.1. The van der Waals surface area contributed by atoms with Crippen molar-refractivity contribution in [2.75, 3.05) is 25.1 Å². The van der Waals surface area contributed by atoms with Crippen molar-refractivity contribution < 1.29 is 17.6 Å². The molecular formula is C18H29FN2O3S. The van der Waals surface area contributed by atoms with Gasteiger partial charge in [-0.05, 0) is 37.1 Å². The third-order valence-corrected chi connectivity index (χ3v) is 5.22. The van der Waals surface area contributed by atoms with E-state index in [0.717, 1.165) is 5.56 Å². The summed E-state index contributed by atoms with van der Waals surface area (Å²) in [5.74, 6) is -0.341. The summed E-state index contributed by atoms with van der Waals surface area (Å²) < 4.78 is 36.1. The molecule has 0 aliphatic carbocycles. The Balaban J connectivity index is 2.78. The van der Waals surface area contributed by atoms with Gasteiger partial charge in [-0.3, -0.25) is 9.69 Å². The minimum absolute atomic E-state index is 0.0136. The van der Waals surface area contributed by atoms with Crippen LogP contribution in [0.1, 0.15) is 39.3 Å². The van der Waals surface area contributed by atoms with Gasteiger partial charge in [0.2, 0.25) is 5.91 Å². The number of sulfone groups is 1. The van der Waals surface area contributed by atoms with Crippen molar-refractivity contribution in [3.63, 3.8) is 0 Å². The second kappa shape index (κ2) is 9.29. The van der Waals surface area contributed by atoms with Crippen LogP contribution < -0.4 is 5.32 Å². The molecule has 142 valence electrons. The summed E-state index contributed by atoms with van der Waals surface area (Å²) in [6.07, 6.45) is 1.20. The number of carbonyl (C=O) groups excluding carboxylic acids is 1. The van der Waals surface area contributed by atoms with Crippen LogP contribution in [0.15, 0.2) is 24.3 Å². The monoisotopic (exact) mass is 372 g/mol. The van der Waals surface area contributed by atoms with Crippen molar-refractivity contribution >= 4 is 15.7 Å². The molecule has 0 radical (unpaired) electrons. The van der Waals surface area contributed by atoms with Gasteiger partial charge in [0.1, 0.15) is 15.7 Å². The third-order valence-electron chi connectivity index (χ3n) is 4.13. The molecule has 0 aliphatic rings. The quantitative estimate of drug-likeness (QED) is 0.723. The van der Waals surface area contributed by atoms with E-state index in [1.165, 1.54) is 18.4 Å². The molecule has 0 saturated carbocycles. The largest absolute Gasteiger partial charge is 0.348 e. The molecule has 0 aromatic heterocycles. The van der Waals surface area contributed by atoms with Crippen molar-refractivity contribution in [3.05, 3.63) is 35.6 Å². The molecule has 1 aromatic rings. The van der Waals surface area contributed by atoms with E-state index in [9.17, 15) is 17.6 Å². The fraction of sp³-hybridized carbons (Fsp3) is 0.611. The van der Waals surface area contributed by atoms with Gasteiger partial charge in [0.05, 0.1) is 18.3 Å². The summed E-state index contributed by atoms with van der Waals surface area (Å²) in [7, 11) is -3.11. The molecule has 25 heavy (non-hydrogen) atoms. The lowest BCUT2D eigenvalue weighted by atomic mass is 9.96. The number of rotatable bonds is 9. The zero-order valence-corrected chi connectivity index (χ0v) is 16.4. The van der Waals surface area contributed by atoms with Gasteiger partial charge in [-0.2, -0.15) is 0 Å². The Bertz CT molecular complexity index is 659. The molecule has 1 rings (SSSR count). The molecule has 2 unspecified atom stereocenters. The highest BCUT2D eigenvalue weighted by atomic mass is 32.2. The maximum atomic E-state index is 13.1. The van der Waals surface area contributed by atoms with E-state index >= 15 is 0 Å². The molecule has 0 spiro atoms. The summed E-state index contributed by atoms with van der Waals surface area (Å²) in [5, 5.41) is 2.98. The first kappa shape index (κ1) is 21.6. The number of amides is 1. The smallest absolute Gasteiger partial charge is 0.234 e. The zero-order valence-electron chi connectivity index (χ0n) is 15.6. The third kappa shape index (κ3) is 7.52. The van der Waals surface area contributed by atoms with Crippen LogP contribution in [-0.4, -0.2) is 50.4 Å². The number of nitrogens with zero attached hydrogens (tertiary/aromatic N) is 1. The standard InChI is InChI=1S/C18H29FN2O3S/c1-6-21(14(4)12-25(5,23)24)11-17(22)20-18(13(2)3)15-7-9-16(19)10-8-15/h7-10,13-14,18H,6,11-12H2,1-5H3,(H,20,22). The van der Waals surface area contributed by atoms with Crippen LogP contribution in [0.2, 0.25) is 0 Å². The normalized spacial score (nSPS) is 14.6. The van der Waals surface area contributed by atoms with Gasteiger partial charge >= 0.3 is 0 Å². The second-order valence-electron chi connectivity index (χ2n) is 6.85. The molecule has 5 nitrogen and oxygen atoms in total. The Labute approximate surface area is 150 Å². The first-order chi connectivity index (χ1) is 11.5. The van der Waals surface area contributed by atoms with E-state index in [2.05, 4.69) is 5.32 Å². The molecule has 1 amide bonds. The summed E-state index contributed by atoms with van der Waals surface area (Å²) in [6.45, 7) is 8.37. The van der Waals surface area contributed by atoms with Gasteiger partial charge in [0, 0.05) is 12.3 Å². The Kier molecular flexibility index (Phi) is 8.02. The lowest BCUT2D eigenvalue weighted by Gasteiger charge is -2.29. The fourth-order valence-electron chi connectivity index (χ4n) is 2.83. The van der Waals surface area contributed by atoms with Crippen LogP contribution in [0.3, 0.4) is 0 Å². The van der Waals surface area contributed by atoms with Crippen molar-refractivity contribution in [3.8, 4) is 0 Å². The Morgan fingerprint density at radius 2 is 1.76 bits per heavy atom. The van der Waals surface area contributed by atoms with Crippen LogP contribution in [0.4, 0.5) is 4.39 Å². The Morgan fingerprint density at radius 3 is 2.20 bits per heavy atom. The van der Waals surface area contributed by atoms with Crippen molar-refractivity contribution in [2.45, 2.75) is 39.8 Å². The number of halogens is 1. The van der Waals surface area contributed by atoms with Crippen molar-refractivity contribution in [2.24, 2.45) is 5.92 Å². The number of carbonyl (C=O) groups is 1. The second-order valence-corrected chi connectivity index (χ2v) is 9.03. The molecule has 0 saturated heterocycles. The Hall–Kier alpha value is -1.47. The lowest BCUT2D eigenvalue weighted by molar-refractivity contribution is -0.123. The summed E-state index contributed by atoms with van der Waals surface area (Å²) in [5.41, 5.74) is 0.844. The van der Waals surface area contributed by atoms with Crippen LogP contribution >= 0.6 is 0 Å². The van der Waals surface area contributed by atoms with Crippen molar-refractivity contribution in [1.82, 2.24) is 10.2 Å². The number of hydrogen-bond acceptors (Lipinski definition) is 4.